The third kappa shape index (κ3) is 3.47. The highest BCUT2D eigenvalue weighted by Gasteiger charge is 2.35. The molecule has 2 heterocycles. The summed E-state index contributed by atoms with van der Waals surface area (Å²) in [6, 6.07) is 14.7. The molecule has 0 aliphatic carbocycles. The number of para-hydroxylation sites is 2. The topological polar surface area (TPSA) is 65.1 Å². The second-order valence-electron chi connectivity index (χ2n) is 6.63. The molecule has 0 saturated heterocycles. The zero-order valence-corrected chi connectivity index (χ0v) is 15.1. The van der Waals surface area contributed by atoms with Gasteiger partial charge in [0.1, 0.15) is 6.61 Å². The van der Waals surface area contributed by atoms with Gasteiger partial charge in [-0.3, -0.25) is 4.79 Å². The molecule has 0 fully saturated rings. The van der Waals surface area contributed by atoms with Gasteiger partial charge in [0.25, 0.3) is 5.91 Å². The van der Waals surface area contributed by atoms with Gasteiger partial charge in [0.15, 0.2) is 23.7 Å². The van der Waals surface area contributed by atoms with Gasteiger partial charge in [-0.05, 0) is 30.7 Å². The van der Waals surface area contributed by atoms with Crippen molar-refractivity contribution >= 4 is 11.9 Å². The van der Waals surface area contributed by atoms with Crippen molar-refractivity contribution in [2.24, 2.45) is 0 Å². The largest absolute Gasteiger partial charge is 0.486 e. The highest BCUT2D eigenvalue weighted by molar-refractivity contribution is 5.95. The molecular formula is C21H21NO5. The number of amides is 1. The Labute approximate surface area is 157 Å². The zero-order valence-electron chi connectivity index (χ0n) is 15.1. The first-order valence-electron chi connectivity index (χ1n) is 9.12. The van der Waals surface area contributed by atoms with Gasteiger partial charge in [0.2, 0.25) is 0 Å². The van der Waals surface area contributed by atoms with Gasteiger partial charge >= 0.3 is 5.97 Å². The minimum atomic E-state index is -0.802. The Kier molecular flexibility index (Phi) is 4.71. The van der Waals surface area contributed by atoms with E-state index in [1.54, 1.807) is 17.0 Å². The van der Waals surface area contributed by atoms with Crippen LogP contribution in [0.3, 0.4) is 0 Å². The molecule has 0 spiro atoms. The molecule has 27 heavy (non-hydrogen) atoms. The standard InChI is InChI=1S/C21H21NO5/c1-2-22(12-15-13-25-17-9-5-6-10-18(17)26-15)20(23)19-11-14-7-3-4-8-16(14)21(24)27-19/h3-10,15,19H,2,11-13H2,1H3. The van der Waals surface area contributed by atoms with Crippen LogP contribution in [0.15, 0.2) is 48.5 Å². The summed E-state index contributed by atoms with van der Waals surface area (Å²) in [4.78, 5) is 26.8. The summed E-state index contributed by atoms with van der Waals surface area (Å²) in [6.07, 6.45) is -0.679. The summed E-state index contributed by atoms with van der Waals surface area (Å²) < 4.78 is 17.1. The Balaban J connectivity index is 1.44. The summed E-state index contributed by atoms with van der Waals surface area (Å²) in [7, 11) is 0. The average molecular weight is 367 g/mol. The zero-order chi connectivity index (χ0) is 18.8. The van der Waals surface area contributed by atoms with E-state index in [2.05, 4.69) is 0 Å². The molecule has 2 aliphatic rings. The number of hydrogen-bond donors (Lipinski definition) is 0. The van der Waals surface area contributed by atoms with Crippen LogP contribution in [0.4, 0.5) is 0 Å². The number of rotatable bonds is 4. The van der Waals surface area contributed by atoms with Gasteiger partial charge < -0.3 is 19.1 Å². The number of nitrogens with zero attached hydrogens (tertiary/aromatic N) is 1. The summed E-state index contributed by atoms with van der Waals surface area (Å²) in [5.41, 5.74) is 1.37. The first-order chi connectivity index (χ1) is 13.2. The van der Waals surface area contributed by atoms with Crippen LogP contribution in [-0.2, 0) is 16.0 Å². The maximum atomic E-state index is 13.0. The number of benzene rings is 2. The van der Waals surface area contributed by atoms with Crippen molar-refractivity contribution in [2.45, 2.75) is 25.6 Å². The second-order valence-corrected chi connectivity index (χ2v) is 6.63. The highest BCUT2D eigenvalue weighted by atomic mass is 16.6. The number of fused-ring (bicyclic) bond motifs is 2. The third-order valence-corrected chi connectivity index (χ3v) is 4.85. The van der Waals surface area contributed by atoms with Crippen molar-refractivity contribution in [3.63, 3.8) is 0 Å². The molecule has 0 aromatic heterocycles. The molecule has 140 valence electrons. The summed E-state index contributed by atoms with van der Waals surface area (Å²) in [5.74, 6) is 0.733. The summed E-state index contributed by atoms with van der Waals surface area (Å²) >= 11 is 0. The predicted octanol–water partition coefficient (Wildman–Crippen LogP) is 2.46. The minimum Gasteiger partial charge on any atom is -0.486 e. The Morgan fingerprint density at radius 3 is 2.63 bits per heavy atom. The van der Waals surface area contributed by atoms with Crippen LogP contribution in [0.25, 0.3) is 0 Å². The molecule has 2 unspecified atom stereocenters. The molecular weight excluding hydrogens is 346 g/mol. The molecule has 1 amide bonds. The average Bonchev–Trinajstić information content (AvgIpc) is 2.71. The molecule has 0 bridgehead atoms. The third-order valence-electron chi connectivity index (χ3n) is 4.85. The van der Waals surface area contributed by atoms with E-state index in [1.807, 2.05) is 43.3 Å². The van der Waals surface area contributed by atoms with Crippen LogP contribution in [0.2, 0.25) is 0 Å². The van der Waals surface area contributed by atoms with E-state index in [-0.39, 0.29) is 12.0 Å². The highest BCUT2D eigenvalue weighted by Crippen LogP contribution is 2.31. The van der Waals surface area contributed by atoms with Gasteiger partial charge in [-0.25, -0.2) is 4.79 Å². The van der Waals surface area contributed by atoms with Crippen molar-refractivity contribution in [2.75, 3.05) is 19.7 Å². The molecule has 6 heteroatoms. The maximum absolute atomic E-state index is 13.0. The quantitative estimate of drug-likeness (QED) is 0.777. The maximum Gasteiger partial charge on any atom is 0.339 e. The fraction of sp³-hybridized carbons (Fsp3) is 0.333. The van der Waals surface area contributed by atoms with E-state index < -0.39 is 12.1 Å². The second kappa shape index (κ2) is 7.31. The van der Waals surface area contributed by atoms with Crippen LogP contribution >= 0.6 is 0 Å². The molecule has 0 radical (unpaired) electrons. The predicted molar refractivity (Wildman–Crippen MR) is 98.0 cm³/mol. The van der Waals surface area contributed by atoms with E-state index in [9.17, 15) is 9.59 Å². The number of cyclic esters (lactones) is 1. The first kappa shape index (κ1) is 17.4. The van der Waals surface area contributed by atoms with Crippen LogP contribution in [0, 0.1) is 0 Å². The van der Waals surface area contributed by atoms with Gasteiger partial charge in [0.05, 0.1) is 12.1 Å². The molecule has 2 aromatic carbocycles. The van der Waals surface area contributed by atoms with Gasteiger partial charge in [-0.1, -0.05) is 30.3 Å². The monoisotopic (exact) mass is 367 g/mol. The number of hydrogen-bond acceptors (Lipinski definition) is 5. The first-order valence-corrected chi connectivity index (χ1v) is 9.12. The molecule has 0 N–H and O–H groups in total. The molecule has 2 aromatic rings. The molecule has 2 aliphatic heterocycles. The lowest BCUT2D eigenvalue weighted by molar-refractivity contribution is -0.142. The van der Waals surface area contributed by atoms with E-state index in [0.717, 1.165) is 5.56 Å². The summed E-state index contributed by atoms with van der Waals surface area (Å²) in [5, 5.41) is 0. The van der Waals surface area contributed by atoms with Crippen molar-refractivity contribution in [3.05, 3.63) is 59.7 Å². The van der Waals surface area contributed by atoms with E-state index in [1.165, 1.54) is 0 Å². The number of ether oxygens (including phenoxy) is 3. The Bertz CT molecular complexity index is 865. The lowest BCUT2D eigenvalue weighted by Gasteiger charge is -2.33. The minimum absolute atomic E-state index is 0.206. The Hall–Kier alpha value is -3.02. The number of carbonyl (C=O) groups is 2. The van der Waals surface area contributed by atoms with Crippen LogP contribution < -0.4 is 9.47 Å². The summed E-state index contributed by atoms with van der Waals surface area (Å²) in [6.45, 7) is 3.14. The lowest BCUT2D eigenvalue weighted by atomic mass is 9.98. The van der Waals surface area contributed by atoms with Crippen molar-refractivity contribution in [1.82, 2.24) is 4.90 Å². The lowest BCUT2D eigenvalue weighted by Crippen LogP contribution is -2.49. The van der Waals surface area contributed by atoms with Crippen LogP contribution in [0.1, 0.15) is 22.8 Å². The van der Waals surface area contributed by atoms with E-state index >= 15 is 0 Å². The smallest absolute Gasteiger partial charge is 0.339 e. The molecule has 6 nitrogen and oxygen atoms in total. The van der Waals surface area contributed by atoms with Crippen LogP contribution in [0.5, 0.6) is 11.5 Å². The number of likely N-dealkylation sites (N-methyl/N-ethyl adjacent to an activating group) is 1. The fourth-order valence-corrected chi connectivity index (χ4v) is 3.45. The SMILES string of the molecule is CCN(CC1COc2ccccc2O1)C(=O)C1Cc2ccccc2C(=O)O1. The molecule has 4 rings (SSSR count). The Morgan fingerprint density at radius 2 is 1.81 bits per heavy atom. The van der Waals surface area contributed by atoms with Crippen molar-refractivity contribution in [3.8, 4) is 11.5 Å². The normalized spacial score (nSPS) is 20.4. The number of esters is 1. The van der Waals surface area contributed by atoms with Crippen molar-refractivity contribution < 1.29 is 23.8 Å². The van der Waals surface area contributed by atoms with Gasteiger partial charge in [-0.15, -0.1) is 0 Å². The number of carbonyl (C=O) groups excluding carboxylic acids is 2. The Morgan fingerprint density at radius 1 is 1.07 bits per heavy atom. The van der Waals surface area contributed by atoms with Gasteiger partial charge in [0, 0.05) is 13.0 Å². The molecule has 0 saturated carbocycles. The van der Waals surface area contributed by atoms with E-state index in [0.29, 0.717) is 43.2 Å². The van der Waals surface area contributed by atoms with E-state index in [4.69, 9.17) is 14.2 Å². The van der Waals surface area contributed by atoms with Gasteiger partial charge in [-0.2, -0.15) is 0 Å². The molecule has 2 atom stereocenters. The van der Waals surface area contributed by atoms with Crippen LogP contribution in [-0.4, -0.2) is 48.7 Å². The fourth-order valence-electron chi connectivity index (χ4n) is 3.45. The van der Waals surface area contributed by atoms with Crippen molar-refractivity contribution in [1.29, 1.82) is 0 Å².